The third-order valence-corrected chi connectivity index (χ3v) is 4.29. The van der Waals surface area contributed by atoms with Crippen molar-refractivity contribution in [1.82, 2.24) is 10.8 Å². The molecule has 1 aliphatic carbocycles. The fourth-order valence-corrected chi connectivity index (χ4v) is 3.05. The van der Waals surface area contributed by atoms with Gasteiger partial charge in [-0.1, -0.05) is 12.8 Å². The van der Waals surface area contributed by atoms with Gasteiger partial charge in [-0.2, -0.15) is 4.98 Å². The van der Waals surface area contributed by atoms with Gasteiger partial charge in [-0.25, -0.2) is 5.48 Å². The van der Waals surface area contributed by atoms with Crippen molar-refractivity contribution < 1.29 is 24.5 Å². The summed E-state index contributed by atoms with van der Waals surface area (Å²) in [7, 11) is 1.51. The van der Waals surface area contributed by atoms with Crippen LogP contribution in [0, 0.1) is 5.92 Å². The normalized spacial score (nSPS) is 16.0. The minimum Gasteiger partial charge on any atom is -0.447 e. The number of amides is 2. The van der Waals surface area contributed by atoms with Crippen LogP contribution in [0.25, 0.3) is 0 Å². The van der Waals surface area contributed by atoms with E-state index in [-0.39, 0.29) is 17.5 Å². The van der Waals surface area contributed by atoms with E-state index in [9.17, 15) is 9.59 Å². The summed E-state index contributed by atoms with van der Waals surface area (Å²) in [5.41, 5.74) is 2.48. The van der Waals surface area contributed by atoms with E-state index < -0.39 is 5.91 Å². The van der Waals surface area contributed by atoms with Gasteiger partial charge in [-0.15, -0.1) is 0 Å². The summed E-state index contributed by atoms with van der Waals surface area (Å²) in [6.07, 6.45) is 6.60. The zero-order valence-electron chi connectivity index (χ0n) is 13.5. The van der Waals surface area contributed by atoms with Crippen molar-refractivity contribution >= 4 is 11.8 Å². The first-order valence-corrected chi connectivity index (χ1v) is 7.88. The molecule has 7 heteroatoms. The van der Waals surface area contributed by atoms with Crippen molar-refractivity contribution in [2.24, 2.45) is 5.92 Å². The molecule has 0 aliphatic heterocycles. The molecule has 2 rings (SSSR count). The quantitative estimate of drug-likeness (QED) is 0.544. The van der Waals surface area contributed by atoms with Crippen molar-refractivity contribution in [3.63, 3.8) is 0 Å². The van der Waals surface area contributed by atoms with Gasteiger partial charge in [-0.05, 0) is 31.7 Å². The lowest BCUT2D eigenvalue weighted by atomic mass is 10.0. The van der Waals surface area contributed by atoms with Crippen molar-refractivity contribution in [3.05, 3.63) is 23.4 Å². The van der Waals surface area contributed by atoms with Gasteiger partial charge in [0.05, 0.1) is 18.7 Å². The maximum absolute atomic E-state index is 12.2. The van der Waals surface area contributed by atoms with Gasteiger partial charge in [0, 0.05) is 6.42 Å². The maximum Gasteiger partial charge on any atom is 0.371 e. The molecule has 1 aliphatic rings. The van der Waals surface area contributed by atoms with Crippen LogP contribution < -0.4 is 20.5 Å². The van der Waals surface area contributed by atoms with Gasteiger partial charge in [0.25, 0.3) is 5.91 Å². The zero-order chi connectivity index (χ0) is 16.8. The molecule has 2 amide bonds. The van der Waals surface area contributed by atoms with Gasteiger partial charge < -0.3 is 10.1 Å². The number of hydrogen-bond acceptors (Lipinski definition) is 4. The lowest BCUT2D eigenvalue weighted by Crippen LogP contribution is -2.30. The molecule has 1 fully saturated rings. The van der Waals surface area contributed by atoms with E-state index >= 15 is 0 Å². The summed E-state index contributed by atoms with van der Waals surface area (Å²) in [5.74, 6) is 0.313. The van der Waals surface area contributed by atoms with Crippen LogP contribution in [0.4, 0.5) is 0 Å². The molecular weight excluding hydrogens is 298 g/mol. The highest BCUT2D eigenvalue weighted by molar-refractivity contribution is 5.93. The molecular formula is C16H24N3O4+. The topological polar surface area (TPSA) is 102 Å². The molecule has 0 saturated heterocycles. The second kappa shape index (κ2) is 7.92. The lowest BCUT2D eigenvalue weighted by Gasteiger charge is -2.16. The molecule has 1 saturated carbocycles. The Hall–Kier alpha value is -2.15. The fraction of sp³-hybridized carbons (Fsp3) is 0.562. The molecule has 23 heavy (non-hydrogen) atoms. The largest absolute Gasteiger partial charge is 0.447 e. The number of pyridine rings is 1. The molecule has 1 aromatic rings. The number of hydrogen-bond donors (Lipinski definition) is 3. The third kappa shape index (κ3) is 4.41. The maximum atomic E-state index is 12.2. The van der Waals surface area contributed by atoms with Crippen LogP contribution >= 0.6 is 0 Å². The Morgan fingerprint density at radius 3 is 2.74 bits per heavy atom. The average Bonchev–Trinajstić information content (AvgIpc) is 3.06. The molecule has 4 N–H and O–H groups in total. The average molecular weight is 322 g/mol. The van der Waals surface area contributed by atoms with Crippen LogP contribution in [0.1, 0.15) is 61.0 Å². The summed E-state index contributed by atoms with van der Waals surface area (Å²) in [6.45, 7) is 1.83. The molecule has 1 atom stereocenters. The zero-order valence-corrected chi connectivity index (χ0v) is 13.5. The van der Waals surface area contributed by atoms with Crippen LogP contribution in [-0.2, 0) is 4.79 Å². The summed E-state index contributed by atoms with van der Waals surface area (Å²) in [6, 6.07) is 1.27. The van der Waals surface area contributed by atoms with Gasteiger partial charge in [0.15, 0.2) is 6.20 Å². The van der Waals surface area contributed by atoms with Crippen molar-refractivity contribution in [1.29, 1.82) is 0 Å². The summed E-state index contributed by atoms with van der Waals surface area (Å²) in [4.78, 5) is 26.6. The number of aromatic amines is 1. The number of hydroxylamine groups is 1. The van der Waals surface area contributed by atoms with E-state index in [1.54, 1.807) is 11.5 Å². The monoisotopic (exact) mass is 322 g/mol. The molecule has 0 unspecified atom stereocenters. The predicted octanol–water partition coefficient (Wildman–Crippen LogP) is 1.39. The highest BCUT2D eigenvalue weighted by Crippen LogP contribution is 2.28. The standard InChI is InChI=1S/C16H23N3O4/c1-10(18-14(20)7-11-5-3-4-6-11)13-8-12(15(21)19-22)9-17-16(13)23-2/h8-11,22H,3-7H2,1-2H3,(H,18,20)(H,19,21)/p+1/t10-/m0/s1. The highest BCUT2D eigenvalue weighted by atomic mass is 16.5. The van der Waals surface area contributed by atoms with Gasteiger partial charge in [-0.3, -0.25) is 14.8 Å². The molecule has 1 heterocycles. The Kier molecular flexibility index (Phi) is 5.92. The smallest absolute Gasteiger partial charge is 0.371 e. The van der Waals surface area contributed by atoms with E-state index in [2.05, 4.69) is 10.3 Å². The van der Waals surface area contributed by atoms with E-state index in [4.69, 9.17) is 9.94 Å². The molecule has 0 spiro atoms. The van der Waals surface area contributed by atoms with Crippen LogP contribution in [0.15, 0.2) is 12.3 Å². The lowest BCUT2D eigenvalue weighted by molar-refractivity contribution is -0.394. The van der Waals surface area contributed by atoms with Crippen LogP contribution in [0.2, 0.25) is 0 Å². The number of carbonyl (C=O) groups excluding carboxylic acids is 2. The Balaban J connectivity index is 2.08. The Labute approximate surface area is 135 Å². The van der Waals surface area contributed by atoms with Crippen molar-refractivity contribution in [2.75, 3.05) is 7.11 Å². The summed E-state index contributed by atoms with van der Waals surface area (Å²) < 4.78 is 5.25. The molecule has 0 bridgehead atoms. The second-order valence-electron chi connectivity index (χ2n) is 5.96. The number of aromatic nitrogens is 1. The van der Waals surface area contributed by atoms with E-state index in [0.29, 0.717) is 23.8 Å². The molecule has 0 aromatic carbocycles. The Morgan fingerprint density at radius 1 is 1.43 bits per heavy atom. The Morgan fingerprint density at radius 2 is 2.13 bits per heavy atom. The second-order valence-corrected chi connectivity index (χ2v) is 5.96. The molecule has 7 nitrogen and oxygen atoms in total. The first-order valence-electron chi connectivity index (χ1n) is 7.88. The van der Waals surface area contributed by atoms with Gasteiger partial charge in [0.2, 0.25) is 5.91 Å². The van der Waals surface area contributed by atoms with Gasteiger partial charge in [0.1, 0.15) is 5.56 Å². The Bertz CT molecular complexity index is 570. The number of methoxy groups -OCH3 is 1. The van der Waals surface area contributed by atoms with Crippen LogP contribution in [0.3, 0.4) is 0 Å². The molecule has 0 radical (unpaired) electrons. The number of carbonyl (C=O) groups is 2. The summed E-state index contributed by atoms with van der Waals surface area (Å²) >= 11 is 0. The number of nitrogens with one attached hydrogen (secondary N) is 3. The van der Waals surface area contributed by atoms with Gasteiger partial charge >= 0.3 is 5.88 Å². The van der Waals surface area contributed by atoms with E-state index in [0.717, 1.165) is 12.8 Å². The summed E-state index contributed by atoms with van der Waals surface area (Å²) in [5, 5.41) is 11.7. The van der Waals surface area contributed by atoms with Crippen LogP contribution in [0.5, 0.6) is 5.88 Å². The minimum atomic E-state index is -0.630. The third-order valence-electron chi connectivity index (χ3n) is 4.29. The minimum absolute atomic E-state index is 0.00321. The molecule has 126 valence electrons. The SMILES string of the molecule is COc1[nH+]cc(C(=O)NO)cc1[C@H](C)NC(=O)CC1CCCC1. The van der Waals surface area contributed by atoms with Crippen molar-refractivity contribution in [2.45, 2.75) is 45.1 Å². The van der Waals surface area contributed by atoms with Crippen LogP contribution in [-0.4, -0.2) is 24.1 Å². The number of ether oxygens (including phenoxy) is 1. The van der Waals surface area contributed by atoms with E-state index in [1.165, 1.54) is 26.1 Å². The van der Waals surface area contributed by atoms with E-state index in [1.807, 2.05) is 6.92 Å². The first-order chi connectivity index (χ1) is 11.0. The number of H-pyrrole nitrogens is 1. The van der Waals surface area contributed by atoms with Crippen molar-refractivity contribution in [3.8, 4) is 5.88 Å². The number of rotatable bonds is 6. The first kappa shape index (κ1) is 17.2. The molecule has 1 aromatic heterocycles. The highest BCUT2D eigenvalue weighted by Gasteiger charge is 2.24. The predicted molar refractivity (Wildman–Crippen MR) is 81.9 cm³/mol. The fourth-order valence-electron chi connectivity index (χ4n) is 3.05.